The maximum absolute atomic E-state index is 10.8. The lowest BCUT2D eigenvalue weighted by Gasteiger charge is -2.13. The number of hydrogen-bond acceptors (Lipinski definition) is 4. The number of nitrogens with zero attached hydrogens (tertiary/aromatic N) is 4. The summed E-state index contributed by atoms with van der Waals surface area (Å²) in [5.41, 5.74) is 2.78. The standard InChI is InChI=1S/C14H22N4O2S/c1-5-9(3)7-17-13-12(10(4)16-18(13)6-2)15-14(17)21-8-11(19)20/h9H,5-8H2,1-4H3,(H,19,20). The molecule has 2 heterocycles. The second kappa shape index (κ2) is 6.51. The van der Waals surface area contributed by atoms with Crippen LogP contribution in [0.5, 0.6) is 0 Å². The van der Waals surface area contributed by atoms with Crippen molar-refractivity contribution in [3.63, 3.8) is 0 Å². The number of aryl methyl sites for hydroxylation is 2. The van der Waals surface area contributed by atoms with Gasteiger partial charge in [-0.2, -0.15) is 5.10 Å². The summed E-state index contributed by atoms with van der Waals surface area (Å²) in [6.45, 7) is 9.96. The van der Waals surface area contributed by atoms with Gasteiger partial charge in [0, 0.05) is 13.1 Å². The summed E-state index contributed by atoms with van der Waals surface area (Å²) in [5, 5.41) is 14.2. The Balaban J connectivity index is 2.50. The molecule has 0 aliphatic rings. The third-order valence-corrected chi connectivity index (χ3v) is 4.54. The fraction of sp³-hybridized carbons (Fsp3) is 0.643. The molecule has 0 aliphatic heterocycles. The molecular formula is C14H22N4O2S. The van der Waals surface area contributed by atoms with Crippen molar-refractivity contribution in [3.8, 4) is 0 Å². The second-order valence-electron chi connectivity index (χ2n) is 5.27. The molecule has 0 saturated heterocycles. The van der Waals surface area contributed by atoms with Gasteiger partial charge in [0.05, 0.1) is 11.4 Å². The molecule has 21 heavy (non-hydrogen) atoms. The first-order chi connectivity index (χ1) is 9.97. The summed E-state index contributed by atoms with van der Waals surface area (Å²) < 4.78 is 4.07. The van der Waals surface area contributed by atoms with Crippen molar-refractivity contribution in [1.29, 1.82) is 0 Å². The van der Waals surface area contributed by atoms with Gasteiger partial charge < -0.3 is 9.67 Å². The molecule has 0 amide bonds. The van der Waals surface area contributed by atoms with Crippen molar-refractivity contribution in [2.45, 2.75) is 52.4 Å². The number of carboxylic acids is 1. The number of rotatable bonds is 7. The van der Waals surface area contributed by atoms with Crippen molar-refractivity contribution in [2.75, 3.05) is 5.75 Å². The Bertz CT molecular complexity index is 647. The number of aliphatic carboxylic acids is 1. The van der Waals surface area contributed by atoms with Crippen molar-refractivity contribution in [2.24, 2.45) is 5.92 Å². The van der Waals surface area contributed by atoms with Crippen molar-refractivity contribution in [3.05, 3.63) is 5.69 Å². The van der Waals surface area contributed by atoms with Crippen LogP contribution >= 0.6 is 11.8 Å². The Labute approximate surface area is 128 Å². The number of hydrogen-bond donors (Lipinski definition) is 1. The smallest absolute Gasteiger partial charge is 0.313 e. The molecule has 6 nitrogen and oxygen atoms in total. The number of carbonyl (C=O) groups is 1. The summed E-state index contributed by atoms with van der Waals surface area (Å²) in [4.78, 5) is 15.4. The fourth-order valence-electron chi connectivity index (χ4n) is 2.27. The lowest BCUT2D eigenvalue weighted by molar-refractivity contribution is -0.133. The van der Waals surface area contributed by atoms with Crippen molar-refractivity contribution >= 4 is 28.9 Å². The summed E-state index contributed by atoms with van der Waals surface area (Å²) in [5.74, 6) is -0.290. The van der Waals surface area contributed by atoms with E-state index in [1.165, 1.54) is 11.8 Å². The predicted molar refractivity (Wildman–Crippen MR) is 83.7 cm³/mol. The first-order valence-electron chi connectivity index (χ1n) is 7.26. The SMILES string of the molecule is CCC(C)Cn1c(SCC(=O)O)nc2c(C)nn(CC)c21. The number of fused-ring (bicyclic) bond motifs is 1. The van der Waals surface area contributed by atoms with Crippen LogP contribution < -0.4 is 0 Å². The van der Waals surface area contributed by atoms with Crippen LogP contribution in [0.3, 0.4) is 0 Å². The van der Waals surface area contributed by atoms with Gasteiger partial charge in [-0.3, -0.25) is 4.79 Å². The first kappa shape index (κ1) is 15.9. The van der Waals surface area contributed by atoms with Crippen LogP contribution in [0, 0.1) is 12.8 Å². The van der Waals surface area contributed by atoms with E-state index in [0.29, 0.717) is 5.92 Å². The van der Waals surface area contributed by atoms with Gasteiger partial charge in [-0.05, 0) is 19.8 Å². The summed E-state index contributed by atoms with van der Waals surface area (Å²) in [6, 6.07) is 0. The maximum Gasteiger partial charge on any atom is 0.313 e. The zero-order valence-corrected chi connectivity index (χ0v) is 13.8. The van der Waals surface area contributed by atoms with E-state index in [1.807, 2.05) is 11.6 Å². The Morgan fingerprint density at radius 1 is 1.43 bits per heavy atom. The number of aromatic nitrogens is 4. The minimum Gasteiger partial charge on any atom is -0.481 e. The molecule has 1 atom stereocenters. The Morgan fingerprint density at radius 3 is 2.71 bits per heavy atom. The molecule has 0 spiro atoms. The van der Waals surface area contributed by atoms with E-state index in [1.54, 1.807) is 0 Å². The molecule has 2 rings (SSSR count). The summed E-state index contributed by atoms with van der Waals surface area (Å²) >= 11 is 1.28. The fourth-order valence-corrected chi connectivity index (χ4v) is 2.99. The van der Waals surface area contributed by atoms with E-state index in [9.17, 15) is 4.79 Å². The van der Waals surface area contributed by atoms with Crippen LogP contribution in [0.2, 0.25) is 0 Å². The molecule has 1 unspecified atom stereocenters. The second-order valence-corrected chi connectivity index (χ2v) is 6.22. The molecule has 2 aromatic rings. The molecule has 7 heteroatoms. The molecule has 0 bridgehead atoms. The van der Waals surface area contributed by atoms with E-state index in [-0.39, 0.29) is 5.75 Å². The maximum atomic E-state index is 10.8. The van der Waals surface area contributed by atoms with E-state index < -0.39 is 5.97 Å². The number of imidazole rings is 1. The third-order valence-electron chi connectivity index (χ3n) is 3.58. The van der Waals surface area contributed by atoms with E-state index >= 15 is 0 Å². The molecule has 0 radical (unpaired) electrons. The van der Waals surface area contributed by atoms with Crippen LogP contribution in [-0.4, -0.2) is 36.2 Å². The highest BCUT2D eigenvalue weighted by molar-refractivity contribution is 7.99. The van der Waals surface area contributed by atoms with Gasteiger partial charge in [0.15, 0.2) is 10.8 Å². The lowest BCUT2D eigenvalue weighted by atomic mass is 10.1. The average Bonchev–Trinajstić information content (AvgIpc) is 2.95. The largest absolute Gasteiger partial charge is 0.481 e. The highest BCUT2D eigenvalue weighted by Gasteiger charge is 2.20. The first-order valence-corrected chi connectivity index (χ1v) is 8.24. The van der Waals surface area contributed by atoms with Gasteiger partial charge in [-0.1, -0.05) is 32.0 Å². The molecule has 0 aliphatic carbocycles. The highest BCUT2D eigenvalue weighted by Crippen LogP contribution is 2.27. The normalized spacial score (nSPS) is 13.0. The monoisotopic (exact) mass is 310 g/mol. The molecule has 0 aromatic carbocycles. The van der Waals surface area contributed by atoms with Gasteiger partial charge in [-0.15, -0.1) is 0 Å². The van der Waals surface area contributed by atoms with Gasteiger partial charge in [-0.25, -0.2) is 9.67 Å². The van der Waals surface area contributed by atoms with Crippen molar-refractivity contribution < 1.29 is 9.90 Å². The third kappa shape index (κ3) is 3.23. The van der Waals surface area contributed by atoms with E-state index in [0.717, 1.165) is 41.5 Å². The van der Waals surface area contributed by atoms with Crippen LogP contribution in [0.4, 0.5) is 0 Å². The lowest BCUT2D eigenvalue weighted by Crippen LogP contribution is -2.12. The Hall–Kier alpha value is -1.50. The predicted octanol–water partition coefficient (Wildman–Crippen LogP) is 2.78. The van der Waals surface area contributed by atoms with E-state index in [2.05, 4.69) is 35.4 Å². The quantitative estimate of drug-likeness (QED) is 0.796. The summed E-state index contributed by atoms with van der Waals surface area (Å²) in [6.07, 6.45) is 1.07. The molecule has 116 valence electrons. The van der Waals surface area contributed by atoms with E-state index in [4.69, 9.17) is 5.11 Å². The zero-order chi connectivity index (χ0) is 15.6. The van der Waals surface area contributed by atoms with Crippen LogP contribution in [0.1, 0.15) is 32.9 Å². The van der Waals surface area contributed by atoms with Crippen LogP contribution in [0.15, 0.2) is 5.16 Å². The number of thioether (sulfide) groups is 1. The minimum absolute atomic E-state index is 0.0265. The zero-order valence-electron chi connectivity index (χ0n) is 13.0. The minimum atomic E-state index is -0.823. The van der Waals surface area contributed by atoms with Gasteiger partial charge in [0.1, 0.15) is 5.52 Å². The Kier molecular flexibility index (Phi) is 4.92. The van der Waals surface area contributed by atoms with Crippen LogP contribution in [0.25, 0.3) is 11.2 Å². The van der Waals surface area contributed by atoms with Crippen molar-refractivity contribution in [1.82, 2.24) is 19.3 Å². The van der Waals surface area contributed by atoms with Gasteiger partial charge in [0.2, 0.25) is 0 Å². The van der Waals surface area contributed by atoms with Gasteiger partial charge in [0.25, 0.3) is 0 Å². The molecule has 0 fully saturated rings. The summed E-state index contributed by atoms with van der Waals surface area (Å²) in [7, 11) is 0. The van der Waals surface area contributed by atoms with Gasteiger partial charge >= 0.3 is 5.97 Å². The highest BCUT2D eigenvalue weighted by atomic mass is 32.2. The molecule has 2 aromatic heterocycles. The molecule has 1 N–H and O–H groups in total. The Morgan fingerprint density at radius 2 is 2.14 bits per heavy atom. The number of carboxylic acid groups (broad SMARTS) is 1. The van der Waals surface area contributed by atoms with Crippen LogP contribution in [-0.2, 0) is 17.9 Å². The topological polar surface area (TPSA) is 72.9 Å². The average molecular weight is 310 g/mol. The molecular weight excluding hydrogens is 288 g/mol. The molecule has 0 saturated carbocycles.